The predicted octanol–water partition coefficient (Wildman–Crippen LogP) is 4.02. The van der Waals surface area contributed by atoms with E-state index in [1.807, 2.05) is 6.92 Å². The minimum Gasteiger partial charge on any atom is -0.494 e. The standard InChI is InChI=1S/C25H21ClN4O6/c1-2-36-19-8-6-18(7-9-19)29-23(31)13-22(25(29)33)28(15-16-4-3-11-27-14-16)24(32)17-5-10-20(26)21(12-17)30(34)35/h3-12,14,22H,2,13,15H2,1H3. The van der Waals surface area contributed by atoms with Gasteiger partial charge in [-0.25, -0.2) is 4.90 Å². The number of amides is 3. The maximum Gasteiger partial charge on any atom is 0.288 e. The molecule has 0 bridgehead atoms. The van der Waals surface area contributed by atoms with Crippen LogP contribution >= 0.6 is 11.6 Å². The maximum atomic E-state index is 13.6. The van der Waals surface area contributed by atoms with Gasteiger partial charge in [-0.05, 0) is 55.0 Å². The molecule has 36 heavy (non-hydrogen) atoms. The SMILES string of the molecule is CCOc1ccc(N2C(=O)CC(N(Cc3cccnc3)C(=O)c3ccc(Cl)c([N+](=O)[O-])c3)C2=O)cc1. The van der Waals surface area contributed by atoms with Crippen LogP contribution in [0.25, 0.3) is 0 Å². The largest absolute Gasteiger partial charge is 0.494 e. The molecular formula is C25H21ClN4O6. The number of imide groups is 1. The van der Waals surface area contributed by atoms with Gasteiger partial charge in [-0.1, -0.05) is 17.7 Å². The van der Waals surface area contributed by atoms with Crippen LogP contribution in [0.4, 0.5) is 11.4 Å². The number of nitrogens with zero attached hydrogens (tertiary/aromatic N) is 4. The molecule has 0 aliphatic carbocycles. The molecule has 3 aromatic rings. The first kappa shape index (κ1) is 24.8. The Bertz CT molecular complexity index is 1320. The van der Waals surface area contributed by atoms with Gasteiger partial charge in [0, 0.05) is 30.6 Å². The normalized spacial score (nSPS) is 15.2. The van der Waals surface area contributed by atoms with Gasteiger partial charge in [0.1, 0.15) is 16.8 Å². The highest BCUT2D eigenvalue weighted by molar-refractivity contribution is 6.32. The Hall–Kier alpha value is -4.31. The number of anilines is 1. The van der Waals surface area contributed by atoms with Crippen molar-refractivity contribution in [3.63, 3.8) is 0 Å². The average Bonchev–Trinajstić information content (AvgIpc) is 3.17. The van der Waals surface area contributed by atoms with E-state index in [4.69, 9.17) is 16.3 Å². The zero-order valence-corrected chi connectivity index (χ0v) is 19.9. The number of nitro benzene ring substituents is 1. The van der Waals surface area contributed by atoms with Crippen LogP contribution in [-0.2, 0) is 16.1 Å². The van der Waals surface area contributed by atoms with Crippen molar-refractivity contribution >= 4 is 40.7 Å². The monoisotopic (exact) mass is 508 g/mol. The van der Waals surface area contributed by atoms with Crippen LogP contribution in [0.2, 0.25) is 5.02 Å². The Balaban J connectivity index is 1.68. The Morgan fingerprint density at radius 3 is 2.61 bits per heavy atom. The summed E-state index contributed by atoms with van der Waals surface area (Å²) in [5, 5.41) is 11.2. The van der Waals surface area contributed by atoms with E-state index in [-0.39, 0.29) is 23.6 Å². The van der Waals surface area contributed by atoms with Gasteiger partial charge in [0.15, 0.2) is 0 Å². The summed E-state index contributed by atoms with van der Waals surface area (Å²) in [6.45, 7) is 2.27. The number of hydrogen-bond donors (Lipinski definition) is 0. The third-order valence-electron chi connectivity index (χ3n) is 5.63. The molecule has 1 atom stereocenters. The van der Waals surface area contributed by atoms with Crippen molar-refractivity contribution in [1.82, 2.24) is 9.88 Å². The summed E-state index contributed by atoms with van der Waals surface area (Å²) >= 11 is 5.90. The van der Waals surface area contributed by atoms with Gasteiger partial charge in [0.25, 0.3) is 17.5 Å². The fourth-order valence-electron chi connectivity index (χ4n) is 3.95. The lowest BCUT2D eigenvalue weighted by atomic mass is 10.1. The predicted molar refractivity (Wildman–Crippen MR) is 131 cm³/mol. The molecule has 3 amide bonds. The first-order valence-corrected chi connectivity index (χ1v) is 11.4. The third-order valence-corrected chi connectivity index (χ3v) is 5.95. The number of halogens is 1. The third kappa shape index (κ3) is 5.03. The number of aromatic nitrogens is 1. The van der Waals surface area contributed by atoms with Gasteiger partial charge in [0.05, 0.1) is 23.6 Å². The lowest BCUT2D eigenvalue weighted by Gasteiger charge is -2.28. The van der Waals surface area contributed by atoms with E-state index >= 15 is 0 Å². The van der Waals surface area contributed by atoms with E-state index < -0.39 is 34.4 Å². The van der Waals surface area contributed by atoms with Crippen molar-refractivity contribution in [3.05, 3.63) is 93.3 Å². The van der Waals surface area contributed by atoms with Gasteiger partial charge in [-0.15, -0.1) is 0 Å². The number of carbonyl (C=O) groups excluding carboxylic acids is 3. The second kappa shape index (κ2) is 10.5. The molecule has 1 aliphatic heterocycles. The lowest BCUT2D eigenvalue weighted by Crippen LogP contribution is -2.45. The molecule has 0 saturated carbocycles. The Labute approximate surface area is 211 Å². The van der Waals surface area contributed by atoms with Gasteiger partial charge < -0.3 is 9.64 Å². The van der Waals surface area contributed by atoms with Crippen LogP contribution in [0.15, 0.2) is 67.0 Å². The number of hydrogen-bond acceptors (Lipinski definition) is 7. The number of pyridine rings is 1. The molecule has 1 unspecified atom stereocenters. The number of rotatable bonds is 8. The maximum absolute atomic E-state index is 13.6. The highest BCUT2D eigenvalue weighted by Gasteiger charge is 2.44. The highest BCUT2D eigenvalue weighted by Crippen LogP contribution is 2.31. The van der Waals surface area contributed by atoms with Crippen molar-refractivity contribution in [3.8, 4) is 5.75 Å². The summed E-state index contributed by atoms with van der Waals surface area (Å²) in [7, 11) is 0. The fraction of sp³-hybridized carbons (Fsp3) is 0.200. The molecule has 2 heterocycles. The molecule has 0 radical (unpaired) electrons. The number of carbonyl (C=O) groups is 3. The zero-order valence-electron chi connectivity index (χ0n) is 19.2. The number of nitro groups is 1. The second-order valence-corrected chi connectivity index (χ2v) is 8.34. The molecule has 1 fully saturated rings. The van der Waals surface area contributed by atoms with Crippen molar-refractivity contribution in [1.29, 1.82) is 0 Å². The molecule has 1 aliphatic rings. The molecule has 10 nitrogen and oxygen atoms in total. The molecule has 0 spiro atoms. The van der Waals surface area contributed by atoms with Crippen molar-refractivity contribution in [2.45, 2.75) is 25.9 Å². The molecule has 0 N–H and O–H groups in total. The Morgan fingerprint density at radius 2 is 1.97 bits per heavy atom. The summed E-state index contributed by atoms with van der Waals surface area (Å²) < 4.78 is 5.41. The molecule has 11 heteroatoms. The first-order chi connectivity index (χ1) is 17.3. The van der Waals surface area contributed by atoms with E-state index in [9.17, 15) is 24.5 Å². The van der Waals surface area contributed by atoms with Gasteiger partial charge in [-0.3, -0.25) is 29.5 Å². The van der Waals surface area contributed by atoms with E-state index in [0.29, 0.717) is 23.6 Å². The molecule has 1 aromatic heterocycles. The topological polar surface area (TPSA) is 123 Å². The van der Waals surface area contributed by atoms with Crippen LogP contribution in [0, 0.1) is 10.1 Å². The van der Waals surface area contributed by atoms with Crippen molar-refractivity contribution in [2.24, 2.45) is 0 Å². The van der Waals surface area contributed by atoms with Crippen molar-refractivity contribution < 1.29 is 24.0 Å². The smallest absolute Gasteiger partial charge is 0.288 e. The van der Waals surface area contributed by atoms with E-state index in [2.05, 4.69) is 4.98 Å². The molecule has 2 aromatic carbocycles. The minimum atomic E-state index is -1.12. The van der Waals surface area contributed by atoms with Gasteiger partial charge >= 0.3 is 0 Å². The molecule has 4 rings (SSSR count). The molecule has 184 valence electrons. The number of benzene rings is 2. The first-order valence-electron chi connectivity index (χ1n) is 11.0. The average molecular weight is 509 g/mol. The van der Waals surface area contributed by atoms with Crippen molar-refractivity contribution in [2.75, 3.05) is 11.5 Å². The van der Waals surface area contributed by atoms with Crippen LogP contribution in [0.5, 0.6) is 5.75 Å². The summed E-state index contributed by atoms with van der Waals surface area (Å²) in [4.78, 5) is 56.9. The van der Waals surface area contributed by atoms with Gasteiger partial charge in [-0.2, -0.15) is 0 Å². The summed E-state index contributed by atoms with van der Waals surface area (Å²) in [5.41, 5.74) is 0.504. The molecular weight excluding hydrogens is 488 g/mol. The van der Waals surface area contributed by atoms with E-state index in [0.717, 1.165) is 11.0 Å². The van der Waals surface area contributed by atoms with Crippen LogP contribution in [0.3, 0.4) is 0 Å². The quantitative estimate of drug-likeness (QED) is 0.256. The van der Waals surface area contributed by atoms with E-state index in [1.54, 1.807) is 42.6 Å². The minimum absolute atomic E-state index is 0.0326. The summed E-state index contributed by atoms with van der Waals surface area (Å²) in [6, 6.07) is 12.4. The number of ether oxygens (including phenoxy) is 1. The van der Waals surface area contributed by atoms with Crippen LogP contribution in [-0.4, -0.2) is 45.2 Å². The fourth-order valence-corrected chi connectivity index (χ4v) is 4.14. The Kier molecular flexibility index (Phi) is 7.25. The molecule has 1 saturated heterocycles. The zero-order chi connectivity index (χ0) is 25.8. The summed E-state index contributed by atoms with van der Waals surface area (Å²) in [6.07, 6.45) is 2.86. The van der Waals surface area contributed by atoms with Gasteiger partial charge in [0.2, 0.25) is 5.91 Å². The van der Waals surface area contributed by atoms with Crippen LogP contribution in [0.1, 0.15) is 29.3 Å². The van der Waals surface area contributed by atoms with E-state index in [1.165, 1.54) is 23.2 Å². The second-order valence-electron chi connectivity index (χ2n) is 7.93. The van der Waals surface area contributed by atoms with Crippen LogP contribution < -0.4 is 9.64 Å². The Morgan fingerprint density at radius 1 is 1.22 bits per heavy atom. The lowest BCUT2D eigenvalue weighted by molar-refractivity contribution is -0.384. The highest BCUT2D eigenvalue weighted by atomic mass is 35.5. The summed E-state index contributed by atoms with van der Waals surface area (Å²) in [5.74, 6) is -1.11.